The number of aromatic amines is 1. The number of Topliss-reactive ketones (excluding diaryl/α,β-unsaturated/α-hetero) is 1. The van der Waals surface area contributed by atoms with Crippen LogP contribution in [0.25, 0.3) is 10.9 Å². The van der Waals surface area contributed by atoms with E-state index in [2.05, 4.69) is 25.8 Å². The van der Waals surface area contributed by atoms with Gasteiger partial charge in [-0.25, -0.2) is 9.59 Å². The van der Waals surface area contributed by atoms with E-state index >= 15 is 0 Å². The fourth-order valence-electron chi connectivity index (χ4n) is 6.69. The second-order valence-electron chi connectivity index (χ2n) is 13.5. The molecule has 2 amide bonds. The first kappa shape index (κ1) is 38.8. The summed E-state index contributed by atoms with van der Waals surface area (Å²) in [5, 5.41) is 11.1. The molecule has 4 aromatic rings. The lowest BCUT2D eigenvalue weighted by atomic mass is 9.65. The summed E-state index contributed by atoms with van der Waals surface area (Å²) < 4.78 is 15.6. The molecule has 0 aliphatic heterocycles. The number of nitrogens with one attached hydrogen (secondary N) is 3. The molecule has 1 aliphatic rings. The van der Waals surface area contributed by atoms with Crippen LogP contribution in [-0.4, -0.2) is 58.1 Å². The Bertz CT molecular complexity index is 1930. The number of nitrogens with two attached hydrogens (primary N) is 1. The van der Waals surface area contributed by atoms with Crippen LogP contribution in [0.1, 0.15) is 86.3 Å². The van der Waals surface area contributed by atoms with Crippen molar-refractivity contribution in [2.75, 3.05) is 7.11 Å². The number of hydrogen-bond donors (Lipinski definition) is 4. The number of halogens is 2. The van der Waals surface area contributed by atoms with E-state index in [1.165, 1.54) is 7.11 Å². The number of hydrogen-bond acceptors (Lipinski definition) is 10. The Morgan fingerprint density at radius 3 is 2.44 bits per heavy atom. The molecule has 278 valence electrons. The number of nitrogens with zero attached hydrogens (tertiary/aromatic N) is 2. The van der Waals surface area contributed by atoms with Crippen LogP contribution in [-0.2, 0) is 38.5 Å². The molecule has 0 fully saturated rings. The monoisotopic (exact) mass is 754 g/mol. The minimum Gasteiger partial charge on any atom is -0.463 e. The highest BCUT2D eigenvalue weighted by Crippen LogP contribution is 2.44. The molecule has 52 heavy (non-hydrogen) atoms. The molecule has 2 heterocycles. The standard InChI is InChI=1S/C37H44Cl2N6O7/c1-6-19(3)27(43-36(49)51-18-21-11-9-8-10-12-21)30(46)31(40)37(14-13-26-24(17-37)23-15-22(38)16-25(39)29(23)41-26)35(48)42-28(20(4)7-2)33-44-32(45-52-33)34(47)50-5/h8-12,15-16,19-20,27-28,31,41H,6-7,13-14,17-18,40H2,1-5H3,(H,42,48)(H,43,49)/t19?,20?,27-,28-,31?,37+/m0/s1. The summed E-state index contributed by atoms with van der Waals surface area (Å²) in [5.74, 6) is -2.73. The number of alkyl carbamates (subject to hydrolysis) is 1. The molecule has 0 bridgehead atoms. The average Bonchev–Trinajstić information content (AvgIpc) is 3.79. The van der Waals surface area contributed by atoms with Crippen molar-refractivity contribution in [3.05, 3.63) is 81.0 Å². The van der Waals surface area contributed by atoms with Crippen LogP contribution < -0.4 is 16.4 Å². The van der Waals surface area contributed by atoms with Gasteiger partial charge in [0.2, 0.25) is 11.8 Å². The van der Waals surface area contributed by atoms with E-state index in [0.717, 1.165) is 16.8 Å². The number of rotatable bonds is 14. The third-order valence-corrected chi connectivity index (χ3v) is 10.8. The second kappa shape index (κ2) is 16.5. The number of amides is 2. The maximum atomic E-state index is 14.9. The number of methoxy groups -OCH3 is 1. The van der Waals surface area contributed by atoms with Gasteiger partial charge in [-0.2, -0.15) is 4.98 Å². The molecule has 5 N–H and O–H groups in total. The molecule has 5 rings (SSSR count). The molecule has 0 spiro atoms. The van der Waals surface area contributed by atoms with Crippen molar-refractivity contribution < 1.29 is 33.2 Å². The number of benzene rings is 2. The van der Waals surface area contributed by atoms with Crippen molar-refractivity contribution in [1.29, 1.82) is 0 Å². The number of carbonyl (C=O) groups is 4. The molecular formula is C37H44Cl2N6O7. The highest BCUT2D eigenvalue weighted by atomic mass is 35.5. The second-order valence-corrected chi connectivity index (χ2v) is 14.3. The largest absolute Gasteiger partial charge is 0.463 e. The zero-order valence-corrected chi connectivity index (χ0v) is 31.3. The molecule has 3 unspecified atom stereocenters. The number of aromatic nitrogens is 3. The first-order valence-corrected chi connectivity index (χ1v) is 18.1. The summed E-state index contributed by atoms with van der Waals surface area (Å²) in [7, 11) is 1.20. The van der Waals surface area contributed by atoms with E-state index in [9.17, 15) is 19.2 Å². The van der Waals surface area contributed by atoms with Gasteiger partial charge in [-0.1, -0.05) is 94.1 Å². The number of ketones is 1. The van der Waals surface area contributed by atoms with E-state index in [1.54, 1.807) is 12.1 Å². The zero-order valence-electron chi connectivity index (χ0n) is 29.8. The minimum atomic E-state index is -1.52. The predicted octanol–water partition coefficient (Wildman–Crippen LogP) is 6.26. The zero-order chi connectivity index (χ0) is 37.7. The Balaban J connectivity index is 1.53. The highest BCUT2D eigenvalue weighted by Gasteiger charge is 2.52. The maximum absolute atomic E-state index is 14.9. The Morgan fingerprint density at radius 2 is 1.77 bits per heavy atom. The van der Waals surface area contributed by atoms with E-state index in [4.69, 9.17) is 42.9 Å². The van der Waals surface area contributed by atoms with E-state index in [0.29, 0.717) is 40.2 Å². The fourth-order valence-corrected chi connectivity index (χ4v) is 7.23. The molecule has 0 radical (unpaired) electrons. The van der Waals surface area contributed by atoms with Crippen molar-refractivity contribution in [2.45, 2.75) is 84.5 Å². The number of aryl methyl sites for hydroxylation is 1. The predicted molar refractivity (Wildman–Crippen MR) is 195 cm³/mol. The SMILES string of the molecule is CCC(C)[C@H](NC(=O)OCc1ccccc1)C(=O)C(N)[C@@]1(C(=O)N[C@H](c2nc(C(=O)OC)no2)C(C)CC)CCc2[nH]c3c(Cl)cc(Cl)cc3c2C1. The summed E-state index contributed by atoms with van der Waals surface area (Å²) in [6.45, 7) is 7.54. The Morgan fingerprint density at radius 1 is 1.06 bits per heavy atom. The van der Waals surface area contributed by atoms with Crippen molar-refractivity contribution in [2.24, 2.45) is 23.0 Å². The summed E-state index contributed by atoms with van der Waals surface area (Å²) in [6.07, 6.45) is 0.915. The topological polar surface area (TPSA) is 192 Å². The first-order chi connectivity index (χ1) is 24.8. The van der Waals surface area contributed by atoms with Crippen molar-refractivity contribution in [3.8, 4) is 0 Å². The van der Waals surface area contributed by atoms with E-state index in [-0.39, 0.29) is 43.0 Å². The quantitative estimate of drug-likeness (QED) is 0.107. The van der Waals surface area contributed by atoms with E-state index < -0.39 is 47.3 Å². The van der Waals surface area contributed by atoms with Gasteiger partial charge in [0.25, 0.3) is 5.82 Å². The summed E-state index contributed by atoms with van der Waals surface area (Å²) in [5.41, 5.74) is 8.52. The Kier molecular flexibility index (Phi) is 12.3. The lowest BCUT2D eigenvalue weighted by Gasteiger charge is -2.42. The van der Waals surface area contributed by atoms with Crippen LogP contribution in [0.3, 0.4) is 0 Å². The third-order valence-electron chi connectivity index (χ3n) is 10.3. The van der Waals surface area contributed by atoms with Gasteiger partial charge in [0.05, 0.1) is 35.1 Å². The molecule has 15 heteroatoms. The molecular weight excluding hydrogens is 711 g/mol. The summed E-state index contributed by atoms with van der Waals surface area (Å²) >= 11 is 13.0. The fraction of sp³-hybridized carbons (Fsp3) is 0.459. The normalized spacial score (nSPS) is 18.4. The molecule has 0 saturated heterocycles. The van der Waals surface area contributed by atoms with Gasteiger partial charge >= 0.3 is 12.1 Å². The van der Waals surface area contributed by atoms with Crippen LogP contribution >= 0.6 is 23.2 Å². The maximum Gasteiger partial charge on any atom is 0.408 e. The lowest BCUT2D eigenvalue weighted by Crippen LogP contribution is -2.63. The van der Waals surface area contributed by atoms with E-state index in [1.807, 2.05) is 58.0 Å². The molecule has 6 atom stereocenters. The van der Waals surface area contributed by atoms with Crippen LogP contribution in [0.4, 0.5) is 4.79 Å². The first-order valence-electron chi connectivity index (χ1n) is 17.3. The minimum absolute atomic E-state index is 0.000569. The third kappa shape index (κ3) is 7.96. The van der Waals surface area contributed by atoms with Crippen molar-refractivity contribution >= 4 is 57.9 Å². The molecule has 2 aromatic carbocycles. The number of H-pyrrole nitrogens is 1. The smallest absolute Gasteiger partial charge is 0.408 e. The van der Waals surface area contributed by atoms with Crippen LogP contribution in [0.15, 0.2) is 47.0 Å². The number of carbonyl (C=O) groups excluding carboxylic acids is 4. The molecule has 1 aliphatic carbocycles. The number of fused-ring (bicyclic) bond motifs is 3. The van der Waals surface area contributed by atoms with Gasteiger partial charge in [0, 0.05) is 16.1 Å². The van der Waals surface area contributed by atoms with Gasteiger partial charge in [-0.3, -0.25) is 9.59 Å². The Hall–Kier alpha value is -4.46. The molecule has 0 saturated carbocycles. The number of ether oxygens (including phenoxy) is 2. The lowest BCUT2D eigenvalue weighted by molar-refractivity contribution is -0.140. The highest BCUT2D eigenvalue weighted by molar-refractivity contribution is 6.38. The summed E-state index contributed by atoms with van der Waals surface area (Å²) in [6, 6.07) is 9.27. The number of esters is 1. The van der Waals surface area contributed by atoms with Crippen molar-refractivity contribution in [1.82, 2.24) is 25.8 Å². The van der Waals surface area contributed by atoms with Gasteiger partial charge < -0.3 is 35.3 Å². The molecule has 2 aromatic heterocycles. The van der Waals surface area contributed by atoms with Crippen LogP contribution in [0.2, 0.25) is 10.0 Å². The van der Waals surface area contributed by atoms with Gasteiger partial charge in [-0.15, -0.1) is 0 Å². The molecule has 13 nitrogen and oxygen atoms in total. The van der Waals surface area contributed by atoms with Crippen LogP contribution in [0.5, 0.6) is 0 Å². The van der Waals surface area contributed by atoms with Gasteiger partial charge in [-0.05, 0) is 59.5 Å². The van der Waals surface area contributed by atoms with Gasteiger partial charge in [0.1, 0.15) is 12.6 Å². The van der Waals surface area contributed by atoms with Crippen LogP contribution in [0, 0.1) is 17.3 Å². The summed E-state index contributed by atoms with van der Waals surface area (Å²) in [4.78, 5) is 62.4. The van der Waals surface area contributed by atoms with Crippen molar-refractivity contribution in [3.63, 3.8) is 0 Å². The average molecular weight is 756 g/mol. The van der Waals surface area contributed by atoms with Gasteiger partial charge in [0.15, 0.2) is 5.78 Å². The Labute approximate surface area is 311 Å².